The number of nitrogens with one attached hydrogen (secondary N) is 1. The molecule has 0 atom stereocenters. The largest absolute Gasteiger partial charge is 0.353 e. The van der Waals surface area contributed by atoms with Crippen LogP contribution in [0, 0.1) is 11.7 Å². The molecule has 1 N–H and O–H groups in total. The van der Waals surface area contributed by atoms with E-state index in [1.165, 1.54) is 44.2 Å². The highest BCUT2D eigenvalue weighted by atomic mass is 19.1. The van der Waals surface area contributed by atoms with Crippen LogP contribution in [0.3, 0.4) is 0 Å². The van der Waals surface area contributed by atoms with Crippen LogP contribution in [-0.2, 0) is 6.54 Å². The van der Waals surface area contributed by atoms with Gasteiger partial charge in [-0.15, -0.1) is 0 Å². The van der Waals surface area contributed by atoms with Crippen molar-refractivity contribution in [2.24, 2.45) is 5.92 Å². The van der Waals surface area contributed by atoms with Crippen LogP contribution in [0.1, 0.15) is 13.8 Å². The lowest BCUT2D eigenvalue weighted by Crippen LogP contribution is -2.30. The van der Waals surface area contributed by atoms with Gasteiger partial charge in [-0.3, -0.25) is 9.55 Å². The monoisotopic (exact) mass is 290 g/mol. The molecule has 3 aromatic rings. The fourth-order valence-electron chi connectivity index (χ4n) is 2.32. The van der Waals surface area contributed by atoms with Crippen molar-refractivity contribution in [2.75, 3.05) is 0 Å². The lowest BCUT2D eigenvalue weighted by molar-refractivity contribution is 0.446. The van der Waals surface area contributed by atoms with E-state index in [9.17, 15) is 14.0 Å². The molecular weight excluding hydrogens is 275 g/mol. The Bertz CT molecular complexity index is 896. The fourth-order valence-corrected chi connectivity index (χ4v) is 2.32. The minimum Gasteiger partial charge on any atom is -0.289 e. The first-order chi connectivity index (χ1) is 9.97. The van der Waals surface area contributed by atoms with Gasteiger partial charge in [-0.2, -0.15) is 4.52 Å². The van der Waals surface area contributed by atoms with Gasteiger partial charge < -0.3 is 0 Å². The number of benzene rings is 1. The molecule has 2 heterocycles. The van der Waals surface area contributed by atoms with E-state index >= 15 is 0 Å². The van der Waals surface area contributed by atoms with E-state index in [0.29, 0.717) is 17.9 Å². The lowest BCUT2D eigenvalue weighted by atomic mass is 10.2. The summed E-state index contributed by atoms with van der Waals surface area (Å²) in [6, 6.07) is 5.60. The number of H-pyrrole nitrogens is 1. The first-order valence-electron chi connectivity index (χ1n) is 6.66. The van der Waals surface area contributed by atoms with Crippen LogP contribution < -0.4 is 11.4 Å². The molecule has 110 valence electrons. The highest BCUT2D eigenvalue weighted by molar-refractivity contribution is 5.40. The smallest absolute Gasteiger partial charge is 0.289 e. The molecule has 0 aliphatic heterocycles. The summed E-state index contributed by atoms with van der Waals surface area (Å²) in [4.78, 5) is 27.0. The van der Waals surface area contributed by atoms with E-state index in [2.05, 4.69) is 4.98 Å². The molecular formula is C14H15FN4O2. The summed E-state index contributed by atoms with van der Waals surface area (Å²) in [7, 11) is 0. The Balaban J connectivity index is 2.21. The zero-order valence-corrected chi connectivity index (χ0v) is 11.7. The number of hydrogen-bond acceptors (Lipinski definition) is 2. The topological polar surface area (TPSA) is 64.2 Å². The second-order valence-corrected chi connectivity index (χ2v) is 5.36. The molecule has 6 nitrogen and oxygen atoms in total. The summed E-state index contributed by atoms with van der Waals surface area (Å²) in [5, 5.41) is 0. The molecule has 0 saturated carbocycles. The molecule has 0 aliphatic rings. The van der Waals surface area contributed by atoms with E-state index in [4.69, 9.17) is 0 Å². The Hall–Kier alpha value is -2.57. The van der Waals surface area contributed by atoms with Gasteiger partial charge in [-0.1, -0.05) is 13.8 Å². The summed E-state index contributed by atoms with van der Waals surface area (Å²) in [5.41, 5.74) is 0.273. The molecule has 0 aliphatic carbocycles. The predicted octanol–water partition coefficient (Wildman–Crippen LogP) is 1.38. The quantitative estimate of drug-likeness (QED) is 0.792. The molecule has 21 heavy (non-hydrogen) atoms. The number of imidazole rings is 1. The van der Waals surface area contributed by atoms with Crippen molar-refractivity contribution in [1.29, 1.82) is 0 Å². The number of aromatic nitrogens is 4. The zero-order chi connectivity index (χ0) is 15.1. The molecule has 0 unspecified atom stereocenters. The van der Waals surface area contributed by atoms with Gasteiger partial charge in [0.1, 0.15) is 5.82 Å². The zero-order valence-electron chi connectivity index (χ0n) is 11.7. The fraction of sp³-hybridized carbons (Fsp3) is 0.286. The van der Waals surface area contributed by atoms with Crippen LogP contribution in [0.25, 0.3) is 11.3 Å². The van der Waals surface area contributed by atoms with Crippen molar-refractivity contribution in [3.8, 4) is 5.69 Å². The third kappa shape index (κ3) is 2.20. The van der Waals surface area contributed by atoms with Crippen molar-refractivity contribution < 1.29 is 4.39 Å². The third-order valence-electron chi connectivity index (χ3n) is 3.22. The second kappa shape index (κ2) is 4.76. The van der Waals surface area contributed by atoms with E-state index in [-0.39, 0.29) is 23.1 Å². The van der Waals surface area contributed by atoms with Gasteiger partial charge in [-0.25, -0.2) is 18.7 Å². The van der Waals surface area contributed by atoms with Gasteiger partial charge in [0, 0.05) is 6.54 Å². The Morgan fingerprint density at radius 3 is 2.48 bits per heavy atom. The summed E-state index contributed by atoms with van der Waals surface area (Å²) in [6.45, 7) is 4.37. The first-order valence-corrected chi connectivity index (χ1v) is 6.66. The Morgan fingerprint density at radius 2 is 1.86 bits per heavy atom. The number of fused-ring (bicyclic) bond motifs is 1. The van der Waals surface area contributed by atoms with Gasteiger partial charge in [0.15, 0.2) is 5.65 Å². The maximum Gasteiger partial charge on any atom is 0.353 e. The number of halogens is 1. The van der Waals surface area contributed by atoms with Crippen molar-refractivity contribution in [2.45, 2.75) is 20.4 Å². The summed E-state index contributed by atoms with van der Waals surface area (Å²) in [5.74, 6) is -0.143. The highest BCUT2D eigenvalue weighted by Crippen LogP contribution is 2.08. The number of rotatable bonds is 3. The highest BCUT2D eigenvalue weighted by Gasteiger charge is 2.14. The summed E-state index contributed by atoms with van der Waals surface area (Å²) in [6.07, 6.45) is 1.54. The van der Waals surface area contributed by atoms with Gasteiger partial charge >= 0.3 is 11.4 Å². The van der Waals surface area contributed by atoms with Crippen LogP contribution in [0.4, 0.5) is 4.39 Å². The second-order valence-electron chi connectivity index (χ2n) is 5.36. The van der Waals surface area contributed by atoms with Crippen LogP contribution >= 0.6 is 0 Å². The Kier molecular flexibility index (Phi) is 3.04. The third-order valence-corrected chi connectivity index (χ3v) is 3.22. The van der Waals surface area contributed by atoms with Gasteiger partial charge in [-0.05, 0) is 30.2 Å². The van der Waals surface area contributed by atoms with Crippen molar-refractivity contribution >= 4 is 5.65 Å². The van der Waals surface area contributed by atoms with E-state index in [1.807, 2.05) is 13.8 Å². The van der Waals surface area contributed by atoms with Gasteiger partial charge in [0.25, 0.3) is 0 Å². The molecule has 2 aromatic heterocycles. The average Bonchev–Trinajstić information content (AvgIpc) is 2.89. The first kappa shape index (κ1) is 13.4. The average molecular weight is 290 g/mol. The molecule has 7 heteroatoms. The molecule has 0 bridgehead atoms. The van der Waals surface area contributed by atoms with Crippen molar-refractivity contribution in [3.05, 3.63) is 57.2 Å². The minimum absolute atomic E-state index is 0.225. The van der Waals surface area contributed by atoms with E-state index in [1.54, 1.807) is 0 Å². The summed E-state index contributed by atoms with van der Waals surface area (Å²) >= 11 is 0. The summed E-state index contributed by atoms with van der Waals surface area (Å²) < 4.78 is 17.0. The number of hydrogen-bond donors (Lipinski definition) is 1. The molecule has 0 fully saturated rings. The molecule has 0 saturated heterocycles. The van der Waals surface area contributed by atoms with Crippen LogP contribution in [0.5, 0.6) is 0 Å². The molecule has 0 spiro atoms. The lowest BCUT2D eigenvalue weighted by Gasteiger charge is -2.05. The molecule has 0 amide bonds. The number of nitrogens with zero attached hydrogens (tertiary/aromatic N) is 3. The van der Waals surface area contributed by atoms with E-state index in [0.717, 1.165) is 0 Å². The standard InChI is InChI=1S/C14H15FN4O2/c1-9(2)7-18-13(20)16-12-8-17(14(21)19(12)18)11-5-3-10(15)4-6-11/h3-6,8-9H,7H2,1-2H3,(H,16,20). The SMILES string of the molecule is CC(C)Cn1c(=O)[nH]c2cn(-c3ccc(F)cc3)c(=O)n21. The Morgan fingerprint density at radius 1 is 1.19 bits per heavy atom. The van der Waals surface area contributed by atoms with Crippen molar-refractivity contribution in [1.82, 2.24) is 18.7 Å². The molecule has 0 radical (unpaired) electrons. The predicted molar refractivity (Wildman–Crippen MR) is 76.4 cm³/mol. The van der Waals surface area contributed by atoms with Crippen molar-refractivity contribution in [3.63, 3.8) is 0 Å². The van der Waals surface area contributed by atoms with Gasteiger partial charge in [0.2, 0.25) is 0 Å². The van der Waals surface area contributed by atoms with Crippen LogP contribution in [-0.4, -0.2) is 18.7 Å². The normalized spacial score (nSPS) is 11.6. The maximum atomic E-state index is 13.0. The Labute approximate surface area is 119 Å². The maximum absolute atomic E-state index is 13.0. The molecule has 1 aromatic carbocycles. The minimum atomic E-state index is -0.367. The van der Waals surface area contributed by atoms with Gasteiger partial charge in [0.05, 0.1) is 11.9 Å². The molecule has 3 rings (SSSR count). The van der Waals surface area contributed by atoms with Crippen LogP contribution in [0.15, 0.2) is 40.1 Å². The van der Waals surface area contributed by atoms with Crippen LogP contribution in [0.2, 0.25) is 0 Å². The number of aromatic amines is 1. The van der Waals surface area contributed by atoms with E-state index < -0.39 is 0 Å².